The molecular formula is C8H11ClF3N5O. The van der Waals surface area contributed by atoms with E-state index >= 15 is 0 Å². The number of halogens is 4. The third-order valence-corrected chi connectivity index (χ3v) is 2.00. The maximum atomic E-state index is 12.1. The molecule has 0 spiro atoms. The highest BCUT2D eigenvalue weighted by atomic mass is 35.5. The van der Waals surface area contributed by atoms with Crippen LogP contribution in [0.2, 0.25) is 5.28 Å². The van der Waals surface area contributed by atoms with E-state index in [1.807, 2.05) is 0 Å². The van der Waals surface area contributed by atoms with Crippen LogP contribution < -0.4 is 10.2 Å². The predicted octanol–water partition coefficient (Wildman–Crippen LogP) is 0.926. The highest BCUT2D eigenvalue weighted by Crippen LogP contribution is 2.20. The molecule has 0 fully saturated rings. The fourth-order valence-corrected chi connectivity index (χ4v) is 1.08. The largest absolute Gasteiger partial charge is 0.416 e. The molecule has 0 aromatic carbocycles. The topological polar surface area (TPSA) is 74.2 Å². The number of alkyl halides is 3. The van der Waals surface area contributed by atoms with E-state index in [1.54, 1.807) is 14.1 Å². The van der Waals surface area contributed by atoms with Gasteiger partial charge in [0.2, 0.25) is 17.2 Å². The van der Waals surface area contributed by atoms with Crippen molar-refractivity contribution in [2.24, 2.45) is 0 Å². The Kier molecular flexibility index (Phi) is 4.52. The molecule has 0 saturated heterocycles. The zero-order chi connectivity index (χ0) is 13.9. The Morgan fingerprint density at radius 2 is 1.94 bits per heavy atom. The number of anilines is 2. The van der Waals surface area contributed by atoms with Gasteiger partial charge in [-0.05, 0) is 11.6 Å². The minimum Gasteiger partial charge on any atom is -0.382 e. The van der Waals surface area contributed by atoms with E-state index in [9.17, 15) is 13.2 Å². The van der Waals surface area contributed by atoms with Crippen molar-refractivity contribution in [2.75, 3.05) is 30.9 Å². The first kappa shape index (κ1) is 14.7. The zero-order valence-electron chi connectivity index (χ0n) is 9.53. The van der Waals surface area contributed by atoms with Crippen LogP contribution in [0.15, 0.2) is 0 Å². The molecule has 0 amide bonds. The molecule has 1 atom stereocenters. The molecule has 0 bridgehead atoms. The molecule has 1 rings (SSSR count). The maximum absolute atomic E-state index is 12.1. The van der Waals surface area contributed by atoms with E-state index in [1.165, 1.54) is 4.90 Å². The SMILES string of the molecule is CN(C)c1nc(Cl)nc(NCC(O)C(F)(F)F)n1. The first-order valence-corrected chi connectivity index (χ1v) is 5.15. The third-order valence-electron chi connectivity index (χ3n) is 1.83. The smallest absolute Gasteiger partial charge is 0.382 e. The molecule has 0 aliphatic rings. The maximum Gasteiger partial charge on any atom is 0.416 e. The van der Waals surface area contributed by atoms with Gasteiger partial charge in [-0.3, -0.25) is 0 Å². The molecule has 102 valence electrons. The summed E-state index contributed by atoms with van der Waals surface area (Å²) in [6.45, 7) is -0.767. The van der Waals surface area contributed by atoms with E-state index in [-0.39, 0.29) is 17.2 Å². The Hall–Kier alpha value is -1.35. The Balaban J connectivity index is 2.73. The number of aliphatic hydroxyl groups excluding tert-OH is 1. The molecule has 18 heavy (non-hydrogen) atoms. The molecule has 1 unspecified atom stereocenters. The van der Waals surface area contributed by atoms with E-state index in [2.05, 4.69) is 20.3 Å². The van der Waals surface area contributed by atoms with Crippen molar-refractivity contribution in [1.82, 2.24) is 15.0 Å². The van der Waals surface area contributed by atoms with Crippen LogP contribution in [0, 0.1) is 0 Å². The van der Waals surface area contributed by atoms with Gasteiger partial charge >= 0.3 is 6.18 Å². The summed E-state index contributed by atoms with van der Waals surface area (Å²) >= 11 is 5.59. The lowest BCUT2D eigenvalue weighted by Crippen LogP contribution is -2.35. The standard InChI is InChI=1S/C8H11ClF3N5O/c1-17(2)7-15-5(9)14-6(16-7)13-3-4(18)8(10,11)12/h4,18H,3H2,1-2H3,(H,13,14,15,16). The molecule has 1 heterocycles. The number of hydrogen-bond acceptors (Lipinski definition) is 6. The van der Waals surface area contributed by atoms with Crippen LogP contribution >= 0.6 is 11.6 Å². The number of aliphatic hydroxyl groups is 1. The van der Waals surface area contributed by atoms with Gasteiger partial charge in [0.1, 0.15) is 0 Å². The normalized spacial score (nSPS) is 13.3. The second kappa shape index (κ2) is 5.53. The molecular weight excluding hydrogens is 275 g/mol. The number of nitrogens with zero attached hydrogens (tertiary/aromatic N) is 4. The lowest BCUT2D eigenvalue weighted by Gasteiger charge is -2.16. The van der Waals surface area contributed by atoms with Gasteiger partial charge < -0.3 is 15.3 Å². The van der Waals surface area contributed by atoms with Crippen molar-refractivity contribution in [2.45, 2.75) is 12.3 Å². The average Bonchev–Trinajstić information content (AvgIpc) is 2.23. The van der Waals surface area contributed by atoms with Gasteiger partial charge in [0.15, 0.2) is 6.10 Å². The van der Waals surface area contributed by atoms with Gasteiger partial charge in [-0.15, -0.1) is 0 Å². The highest BCUT2D eigenvalue weighted by Gasteiger charge is 2.38. The number of aromatic nitrogens is 3. The summed E-state index contributed by atoms with van der Waals surface area (Å²) in [6.07, 6.45) is -7.20. The minimum absolute atomic E-state index is 0.137. The predicted molar refractivity (Wildman–Crippen MR) is 59.7 cm³/mol. The van der Waals surface area contributed by atoms with Gasteiger partial charge in [0.05, 0.1) is 6.54 Å². The second-order valence-corrected chi connectivity index (χ2v) is 3.90. The molecule has 10 heteroatoms. The first-order valence-electron chi connectivity index (χ1n) is 4.77. The van der Waals surface area contributed by atoms with Crippen LogP contribution in [0.25, 0.3) is 0 Å². The number of hydrogen-bond donors (Lipinski definition) is 2. The summed E-state index contributed by atoms with van der Waals surface area (Å²) in [5.41, 5.74) is 0. The molecule has 1 aromatic rings. The molecule has 2 N–H and O–H groups in total. The molecule has 0 radical (unpaired) electrons. The summed E-state index contributed by atoms with van der Waals surface area (Å²) in [6, 6.07) is 0. The van der Waals surface area contributed by atoms with Crippen molar-refractivity contribution < 1.29 is 18.3 Å². The van der Waals surface area contributed by atoms with Crippen molar-refractivity contribution in [1.29, 1.82) is 0 Å². The lowest BCUT2D eigenvalue weighted by molar-refractivity contribution is -0.198. The summed E-state index contributed by atoms with van der Waals surface area (Å²) in [5, 5.41) is 10.9. The van der Waals surface area contributed by atoms with Gasteiger partial charge in [0, 0.05) is 14.1 Å². The summed E-state index contributed by atoms with van der Waals surface area (Å²) in [4.78, 5) is 12.7. The van der Waals surface area contributed by atoms with Crippen molar-refractivity contribution in [3.63, 3.8) is 0 Å². The van der Waals surface area contributed by atoms with Gasteiger partial charge in [-0.1, -0.05) is 0 Å². The number of rotatable bonds is 4. The van der Waals surface area contributed by atoms with E-state index in [0.29, 0.717) is 0 Å². The summed E-state index contributed by atoms with van der Waals surface area (Å²) < 4.78 is 36.2. The quantitative estimate of drug-likeness (QED) is 0.857. The third kappa shape index (κ3) is 4.15. The Bertz CT molecular complexity index is 414. The molecule has 0 saturated carbocycles. The Morgan fingerprint density at radius 3 is 2.44 bits per heavy atom. The second-order valence-electron chi connectivity index (χ2n) is 3.56. The van der Waals surface area contributed by atoms with Gasteiger partial charge in [0.25, 0.3) is 0 Å². The minimum atomic E-state index is -4.70. The molecule has 0 aliphatic heterocycles. The van der Waals surface area contributed by atoms with Gasteiger partial charge in [-0.2, -0.15) is 28.1 Å². The highest BCUT2D eigenvalue weighted by molar-refractivity contribution is 6.28. The average molecular weight is 286 g/mol. The van der Waals surface area contributed by atoms with Crippen molar-refractivity contribution in [3.8, 4) is 0 Å². The first-order chi connectivity index (χ1) is 8.20. The summed E-state index contributed by atoms with van der Waals surface area (Å²) in [5.74, 6) is 0.0565. The van der Waals surface area contributed by atoms with Crippen LogP contribution in [-0.2, 0) is 0 Å². The Morgan fingerprint density at radius 1 is 1.33 bits per heavy atom. The monoisotopic (exact) mass is 285 g/mol. The van der Waals surface area contributed by atoms with E-state index in [0.717, 1.165) is 0 Å². The van der Waals surface area contributed by atoms with Crippen LogP contribution in [0.1, 0.15) is 0 Å². The number of nitrogens with one attached hydrogen (secondary N) is 1. The van der Waals surface area contributed by atoms with Gasteiger partial charge in [-0.25, -0.2) is 0 Å². The van der Waals surface area contributed by atoms with E-state index in [4.69, 9.17) is 16.7 Å². The van der Waals surface area contributed by atoms with E-state index < -0.39 is 18.8 Å². The molecule has 0 aliphatic carbocycles. The molecule has 1 aromatic heterocycles. The Labute approximate surface area is 106 Å². The van der Waals surface area contributed by atoms with Crippen molar-refractivity contribution >= 4 is 23.5 Å². The zero-order valence-corrected chi connectivity index (χ0v) is 10.3. The fraction of sp³-hybridized carbons (Fsp3) is 0.625. The summed E-state index contributed by atoms with van der Waals surface area (Å²) in [7, 11) is 3.28. The fourth-order valence-electron chi connectivity index (χ4n) is 0.922. The molecule has 6 nitrogen and oxygen atoms in total. The van der Waals surface area contributed by atoms with Crippen molar-refractivity contribution in [3.05, 3.63) is 5.28 Å². The lowest BCUT2D eigenvalue weighted by atomic mass is 10.3. The van der Waals surface area contributed by atoms with Crippen LogP contribution in [-0.4, -0.2) is 53.0 Å². The van der Waals surface area contributed by atoms with Crippen LogP contribution in [0.3, 0.4) is 0 Å². The van der Waals surface area contributed by atoms with Crippen LogP contribution in [0.4, 0.5) is 25.1 Å². The van der Waals surface area contributed by atoms with Crippen LogP contribution in [0.5, 0.6) is 0 Å².